The Labute approximate surface area is 73.3 Å². The zero-order chi connectivity index (χ0) is 9.99. The van der Waals surface area contributed by atoms with Crippen LogP contribution in [0.5, 0.6) is 0 Å². The van der Waals surface area contributed by atoms with E-state index in [2.05, 4.69) is 0 Å². The Morgan fingerprint density at radius 2 is 1.67 bits per heavy atom. The van der Waals surface area contributed by atoms with Gasteiger partial charge in [0.05, 0.1) is 0 Å². The van der Waals surface area contributed by atoms with E-state index in [4.69, 9.17) is 5.73 Å². The van der Waals surface area contributed by atoms with E-state index in [0.717, 1.165) is 0 Å². The molecule has 0 atom stereocenters. The fourth-order valence-corrected chi connectivity index (χ4v) is 0.938. The van der Waals surface area contributed by atoms with Crippen LogP contribution in [-0.4, -0.2) is 12.5 Å². The second-order valence-corrected chi connectivity index (χ2v) is 4.39. The van der Waals surface area contributed by atoms with Crippen molar-refractivity contribution < 1.29 is 8.78 Å². The third-order valence-corrected chi connectivity index (χ3v) is 2.17. The lowest BCUT2D eigenvalue weighted by molar-refractivity contribution is -0.114. The quantitative estimate of drug-likeness (QED) is 0.705. The molecule has 0 aliphatic heterocycles. The molecule has 0 aliphatic carbocycles. The van der Waals surface area contributed by atoms with Gasteiger partial charge in [0.1, 0.15) is 0 Å². The van der Waals surface area contributed by atoms with Gasteiger partial charge in [-0.3, -0.25) is 0 Å². The first kappa shape index (κ1) is 11.8. The highest BCUT2D eigenvalue weighted by Crippen LogP contribution is 2.39. The van der Waals surface area contributed by atoms with Gasteiger partial charge in [-0.2, -0.15) is 0 Å². The predicted octanol–water partition coefficient (Wildman–Crippen LogP) is 2.65. The molecule has 0 rings (SSSR count). The van der Waals surface area contributed by atoms with E-state index >= 15 is 0 Å². The first-order valence-corrected chi connectivity index (χ1v) is 4.31. The number of rotatable bonds is 4. The van der Waals surface area contributed by atoms with Crippen molar-refractivity contribution in [2.24, 2.45) is 17.1 Å². The first-order valence-electron chi connectivity index (χ1n) is 4.31. The molecule has 0 saturated carbocycles. The van der Waals surface area contributed by atoms with Crippen LogP contribution in [0.15, 0.2) is 0 Å². The van der Waals surface area contributed by atoms with E-state index in [9.17, 15) is 8.78 Å². The number of halogens is 2. The van der Waals surface area contributed by atoms with Crippen molar-refractivity contribution in [3.63, 3.8) is 0 Å². The van der Waals surface area contributed by atoms with Gasteiger partial charge in [-0.15, -0.1) is 0 Å². The molecule has 0 heterocycles. The number of hydrogen-bond acceptors (Lipinski definition) is 1. The van der Waals surface area contributed by atoms with Gasteiger partial charge in [0.15, 0.2) is 0 Å². The van der Waals surface area contributed by atoms with Crippen LogP contribution in [0.4, 0.5) is 8.78 Å². The van der Waals surface area contributed by atoms with Crippen LogP contribution in [0.3, 0.4) is 0 Å². The summed E-state index contributed by atoms with van der Waals surface area (Å²) in [6, 6.07) is 0. The van der Waals surface area contributed by atoms with Crippen LogP contribution in [-0.2, 0) is 0 Å². The minimum Gasteiger partial charge on any atom is -0.330 e. The Hall–Kier alpha value is -0.180. The molecule has 0 aromatic carbocycles. The fourth-order valence-electron chi connectivity index (χ4n) is 0.938. The summed E-state index contributed by atoms with van der Waals surface area (Å²) >= 11 is 0. The molecule has 0 aliphatic rings. The van der Waals surface area contributed by atoms with Gasteiger partial charge in [0.25, 0.3) is 5.92 Å². The molecule has 0 aromatic rings. The van der Waals surface area contributed by atoms with Gasteiger partial charge in [-0.1, -0.05) is 27.7 Å². The maximum absolute atomic E-state index is 13.4. The van der Waals surface area contributed by atoms with Crippen molar-refractivity contribution in [2.45, 2.75) is 40.0 Å². The normalized spacial score (nSPS) is 14.0. The summed E-state index contributed by atoms with van der Waals surface area (Å²) in [5, 5.41) is 0. The molecule has 0 fully saturated rings. The minimum absolute atomic E-state index is 0.00539. The third-order valence-electron chi connectivity index (χ3n) is 2.17. The fraction of sp³-hybridized carbons (Fsp3) is 1.00. The van der Waals surface area contributed by atoms with Crippen LogP contribution in [0.2, 0.25) is 0 Å². The van der Waals surface area contributed by atoms with Gasteiger partial charge >= 0.3 is 0 Å². The van der Waals surface area contributed by atoms with E-state index in [-0.39, 0.29) is 18.9 Å². The summed E-state index contributed by atoms with van der Waals surface area (Å²) in [5.41, 5.74) is 4.20. The molecular weight excluding hydrogens is 160 g/mol. The molecule has 0 unspecified atom stereocenters. The molecule has 0 saturated heterocycles. The Balaban J connectivity index is 4.37. The summed E-state index contributed by atoms with van der Waals surface area (Å²) in [4.78, 5) is 0. The molecule has 12 heavy (non-hydrogen) atoms. The third kappa shape index (κ3) is 2.70. The summed E-state index contributed by atoms with van der Waals surface area (Å²) in [6.45, 7) is 6.62. The predicted molar refractivity (Wildman–Crippen MR) is 47.2 cm³/mol. The zero-order valence-corrected chi connectivity index (χ0v) is 8.32. The highest BCUT2D eigenvalue weighted by atomic mass is 19.3. The Kier molecular flexibility index (Phi) is 3.63. The van der Waals surface area contributed by atoms with Gasteiger partial charge in [0, 0.05) is 18.4 Å². The summed E-state index contributed by atoms with van der Waals surface area (Å²) in [6.07, 6.45) is -0.0861. The largest absolute Gasteiger partial charge is 0.330 e. The van der Waals surface area contributed by atoms with Crippen LogP contribution in [0.25, 0.3) is 0 Å². The van der Waals surface area contributed by atoms with Crippen molar-refractivity contribution in [1.82, 2.24) is 0 Å². The van der Waals surface area contributed by atoms with Crippen LogP contribution in [0, 0.1) is 11.3 Å². The number of nitrogens with two attached hydrogens (primary N) is 1. The van der Waals surface area contributed by atoms with Crippen LogP contribution < -0.4 is 5.73 Å². The van der Waals surface area contributed by atoms with Crippen molar-refractivity contribution in [2.75, 3.05) is 6.54 Å². The van der Waals surface area contributed by atoms with Crippen LogP contribution >= 0.6 is 0 Å². The monoisotopic (exact) mass is 179 g/mol. The van der Waals surface area contributed by atoms with Gasteiger partial charge in [-0.05, 0) is 5.92 Å². The molecule has 3 heteroatoms. The summed E-state index contributed by atoms with van der Waals surface area (Å²) < 4.78 is 26.7. The average molecular weight is 179 g/mol. The lowest BCUT2D eigenvalue weighted by Gasteiger charge is -2.34. The SMILES string of the molecule is CC(C)CC(F)(F)C(C)(C)CN. The topological polar surface area (TPSA) is 26.0 Å². The Morgan fingerprint density at radius 3 is 1.92 bits per heavy atom. The summed E-state index contributed by atoms with van der Waals surface area (Å²) in [5.74, 6) is -2.65. The van der Waals surface area contributed by atoms with Crippen molar-refractivity contribution in [1.29, 1.82) is 0 Å². The smallest absolute Gasteiger partial charge is 0.254 e. The minimum atomic E-state index is -2.66. The van der Waals surface area contributed by atoms with Crippen molar-refractivity contribution >= 4 is 0 Å². The van der Waals surface area contributed by atoms with Gasteiger partial charge < -0.3 is 5.73 Å². The molecule has 0 amide bonds. The van der Waals surface area contributed by atoms with Gasteiger partial charge in [0.2, 0.25) is 0 Å². The zero-order valence-electron chi connectivity index (χ0n) is 8.32. The van der Waals surface area contributed by atoms with E-state index in [1.165, 1.54) is 13.8 Å². The maximum Gasteiger partial charge on any atom is 0.254 e. The molecule has 0 spiro atoms. The molecule has 0 aromatic heterocycles. The number of hydrogen-bond donors (Lipinski definition) is 1. The maximum atomic E-state index is 13.4. The Morgan fingerprint density at radius 1 is 1.25 bits per heavy atom. The molecule has 74 valence electrons. The Bertz CT molecular complexity index is 141. The second-order valence-electron chi connectivity index (χ2n) is 4.39. The first-order chi connectivity index (χ1) is 5.23. The molecule has 1 nitrogen and oxygen atoms in total. The van der Waals surface area contributed by atoms with Crippen molar-refractivity contribution in [3.8, 4) is 0 Å². The lowest BCUT2D eigenvalue weighted by Crippen LogP contribution is -2.43. The second kappa shape index (κ2) is 3.69. The average Bonchev–Trinajstić information content (AvgIpc) is 1.84. The van der Waals surface area contributed by atoms with E-state index in [1.54, 1.807) is 13.8 Å². The van der Waals surface area contributed by atoms with Crippen molar-refractivity contribution in [3.05, 3.63) is 0 Å². The van der Waals surface area contributed by atoms with Crippen LogP contribution in [0.1, 0.15) is 34.1 Å². The molecule has 2 N–H and O–H groups in total. The van der Waals surface area contributed by atoms with E-state index in [1.807, 2.05) is 0 Å². The number of alkyl halides is 2. The lowest BCUT2D eigenvalue weighted by atomic mass is 9.81. The van der Waals surface area contributed by atoms with E-state index < -0.39 is 11.3 Å². The van der Waals surface area contributed by atoms with E-state index in [0.29, 0.717) is 0 Å². The highest BCUT2D eigenvalue weighted by Gasteiger charge is 2.45. The molecule has 0 bridgehead atoms. The van der Waals surface area contributed by atoms with Gasteiger partial charge in [-0.25, -0.2) is 8.78 Å². The summed E-state index contributed by atoms with van der Waals surface area (Å²) in [7, 11) is 0. The highest BCUT2D eigenvalue weighted by molar-refractivity contribution is 4.86. The molecular formula is C9H19F2N. The molecule has 0 radical (unpaired) electrons. The standard InChI is InChI=1S/C9H19F2N/c1-7(2)5-9(10,11)8(3,4)6-12/h7H,5-6,12H2,1-4H3.